The fraction of sp³-hybridized carbons (Fsp3) is 0.455. The van der Waals surface area contributed by atoms with Crippen molar-refractivity contribution in [3.05, 3.63) is 52.0 Å². The number of rotatable bonds is 2. The molecule has 2 amide bonds. The summed E-state index contributed by atoms with van der Waals surface area (Å²) in [6.07, 6.45) is 5.12. The number of fused-ring (bicyclic) bond motifs is 2. The Balaban J connectivity index is 0.000000775. The van der Waals surface area contributed by atoms with Crippen LogP contribution in [0, 0.1) is 0 Å². The third kappa shape index (κ3) is 4.38. The van der Waals surface area contributed by atoms with Crippen molar-refractivity contribution in [1.29, 1.82) is 0 Å². The molecule has 0 aliphatic carbocycles. The molecule has 0 bridgehead atoms. The number of nitrogens with one attached hydrogen (secondary N) is 1. The number of amides is 2. The summed E-state index contributed by atoms with van der Waals surface area (Å²) in [6.45, 7) is 1.61. The second kappa shape index (κ2) is 9.76. The average Bonchev–Trinajstić information content (AvgIpc) is 3.31. The number of likely N-dealkylation sites (tertiary alicyclic amines) is 1. The Morgan fingerprint density at radius 1 is 1.34 bits per heavy atom. The van der Waals surface area contributed by atoms with E-state index in [2.05, 4.69) is 21.7 Å². The van der Waals surface area contributed by atoms with Crippen LogP contribution >= 0.6 is 11.3 Å². The third-order valence-corrected chi connectivity index (χ3v) is 7.11. The topological polar surface area (TPSA) is 118 Å². The molecule has 5 heterocycles. The zero-order valence-electron chi connectivity index (χ0n) is 17.4. The van der Waals surface area contributed by atoms with E-state index in [0.717, 1.165) is 31.4 Å². The summed E-state index contributed by atoms with van der Waals surface area (Å²) in [5.41, 5.74) is 1.80. The van der Waals surface area contributed by atoms with Gasteiger partial charge in [0.2, 0.25) is 5.91 Å². The van der Waals surface area contributed by atoms with Crippen LogP contribution in [0.2, 0.25) is 0 Å². The molecule has 2 saturated heterocycles. The van der Waals surface area contributed by atoms with Gasteiger partial charge in [-0.05, 0) is 41.5 Å². The van der Waals surface area contributed by atoms with Gasteiger partial charge >= 0.3 is 0 Å². The van der Waals surface area contributed by atoms with Crippen LogP contribution in [0.1, 0.15) is 34.9 Å². The van der Waals surface area contributed by atoms with Gasteiger partial charge in [0.05, 0.1) is 18.2 Å². The Labute approximate surface area is 189 Å². The van der Waals surface area contributed by atoms with Gasteiger partial charge in [0.15, 0.2) is 6.10 Å². The lowest BCUT2D eigenvalue weighted by Crippen LogP contribution is -2.56. The van der Waals surface area contributed by atoms with Crippen LogP contribution in [0.4, 0.5) is 0 Å². The molecule has 2 aromatic rings. The summed E-state index contributed by atoms with van der Waals surface area (Å²) >= 11 is 1.79. The standard InChI is InChI=1S/C21H23N3O4S.CH2O2/c25-17-13-27-19(18(23-17)14-2-1-7-22-12-14)20(26)24-8-5-21(6-9-24)15-4-11-29-16(15)3-10-28-21;2-1-3/h1-2,4,7,11-12,18-19H,3,5-6,8-10,13H2,(H,23,25);1H,(H,2,3)/t18-,19+;/m1./s1. The van der Waals surface area contributed by atoms with Crippen molar-refractivity contribution in [3.63, 3.8) is 0 Å². The van der Waals surface area contributed by atoms with Crippen LogP contribution in [0.5, 0.6) is 0 Å². The predicted molar refractivity (Wildman–Crippen MR) is 115 cm³/mol. The molecule has 2 N–H and O–H groups in total. The highest BCUT2D eigenvalue weighted by Crippen LogP contribution is 2.43. The Morgan fingerprint density at radius 3 is 2.84 bits per heavy atom. The molecule has 2 fully saturated rings. The first-order valence-corrected chi connectivity index (χ1v) is 11.3. The van der Waals surface area contributed by atoms with Gasteiger partial charge in [-0.15, -0.1) is 11.3 Å². The van der Waals surface area contributed by atoms with Crippen molar-refractivity contribution in [2.24, 2.45) is 0 Å². The number of piperidine rings is 1. The highest BCUT2D eigenvalue weighted by Gasteiger charge is 2.45. The van der Waals surface area contributed by atoms with Gasteiger partial charge in [-0.25, -0.2) is 0 Å². The van der Waals surface area contributed by atoms with E-state index in [1.165, 1.54) is 10.4 Å². The molecule has 0 saturated carbocycles. The maximum absolute atomic E-state index is 13.3. The Bertz CT molecular complexity index is 958. The van der Waals surface area contributed by atoms with Gasteiger partial charge in [0, 0.05) is 36.8 Å². The van der Waals surface area contributed by atoms with Gasteiger partial charge < -0.3 is 24.8 Å². The highest BCUT2D eigenvalue weighted by molar-refractivity contribution is 7.10. The molecule has 3 aliphatic heterocycles. The molecular weight excluding hydrogens is 434 g/mol. The van der Waals surface area contributed by atoms with Crippen LogP contribution < -0.4 is 5.32 Å². The van der Waals surface area contributed by atoms with Crippen molar-refractivity contribution in [1.82, 2.24) is 15.2 Å². The van der Waals surface area contributed by atoms with E-state index in [1.54, 1.807) is 29.8 Å². The number of pyridine rings is 1. The number of carbonyl (C=O) groups is 3. The maximum Gasteiger partial charge on any atom is 0.290 e. The van der Waals surface area contributed by atoms with E-state index in [-0.39, 0.29) is 30.5 Å². The highest BCUT2D eigenvalue weighted by atomic mass is 32.1. The minimum atomic E-state index is -0.741. The Kier molecular flexibility index (Phi) is 6.83. The average molecular weight is 460 g/mol. The van der Waals surface area contributed by atoms with Crippen molar-refractivity contribution in [2.45, 2.75) is 37.0 Å². The van der Waals surface area contributed by atoms with E-state index in [9.17, 15) is 9.59 Å². The first kappa shape index (κ1) is 22.4. The third-order valence-electron chi connectivity index (χ3n) is 6.13. The lowest BCUT2D eigenvalue weighted by molar-refractivity contribution is -0.160. The number of hydrogen-bond acceptors (Lipinski definition) is 7. The molecule has 10 heteroatoms. The van der Waals surface area contributed by atoms with Crippen LogP contribution in [0.15, 0.2) is 36.0 Å². The van der Waals surface area contributed by atoms with E-state index in [1.807, 2.05) is 11.0 Å². The molecular formula is C22H25N3O6S. The van der Waals surface area contributed by atoms with Crippen molar-refractivity contribution < 1.29 is 29.0 Å². The minimum Gasteiger partial charge on any atom is -0.483 e. The predicted octanol–water partition coefficient (Wildman–Crippen LogP) is 1.49. The lowest BCUT2D eigenvalue weighted by Gasteiger charge is -2.45. The van der Waals surface area contributed by atoms with Gasteiger partial charge in [0.1, 0.15) is 6.61 Å². The zero-order chi connectivity index (χ0) is 22.6. The van der Waals surface area contributed by atoms with Crippen LogP contribution in [-0.2, 0) is 35.9 Å². The fourth-order valence-electron chi connectivity index (χ4n) is 4.62. The van der Waals surface area contributed by atoms with Gasteiger partial charge in [-0.1, -0.05) is 6.07 Å². The normalized spacial score (nSPS) is 24.0. The number of nitrogens with zero attached hydrogens (tertiary/aromatic N) is 2. The molecule has 0 radical (unpaired) electrons. The first-order valence-electron chi connectivity index (χ1n) is 10.5. The quantitative estimate of drug-likeness (QED) is 0.653. The Morgan fingerprint density at radius 2 is 2.12 bits per heavy atom. The van der Waals surface area contributed by atoms with Crippen LogP contribution in [0.3, 0.4) is 0 Å². The number of carbonyl (C=O) groups excluding carboxylic acids is 2. The first-order chi connectivity index (χ1) is 15.6. The summed E-state index contributed by atoms with van der Waals surface area (Å²) in [4.78, 5) is 40.9. The largest absolute Gasteiger partial charge is 0.483 e. The van der Waals surface area contributed by atoms with E-state index >= 15 is 0 Å². The number of carboxylic acid groups (broad SMARTS) is 1. The minimum absolute atomic E-state index is 0.0879. The summed E-state index contributed by atoms with van der Waals surface area (Å²) in [5.74, 6) is -0.309. The van der Waals surface area contributed by atoms with E-state index in [4.69, 9.17) is 19.4 Å². The van der Waals surface area contributed by atoms with Crippen LogP contribution in [-0.4, -0.2) is 65.7 Å². The van der Waals surface area contributed by atoms with E-state index in [0.29, 0.717) is 13.1 Å². The molecule has 5 rings (SSSR count). The molecule has 170 valence electrons. The summed E-state index contributed by atoms with van der Waals surface area (Å²) in [6, 6.07) is 5.30. The fourth-order valence-corrected chi connectivity index (χ4v) is 5.57. The SMILES string of the molecule is O=C1CO[C@H](C(=O)N2CCC3(CC2)OCCc2sccc23)[C@@H](c2cccnc2)N1.O=CO. The second-order valence-electron chi connectivity index (χ2n) is 7.84. The molecule has 1 spiro atoms. The molecule has 2 aromatic heterocycles. The van der Waals surface area contributed by atoms with Crippen LogP contribution in [0.25, 0.3) is 0 Å². The molecule has 3 aliphatic rings. The van der Waals surface area contributed by atoms with Gasteiger partial charge in [-0.2, -0.15) is 0 Å². The van der Waals surface area contributed by atoms with Crippen molar-refractivity contribution >= 4 is 29.6 Å². The number of hydrogen-bond donors (Lipinski definition) is 2. The number of aromatic nitrogens is 1. The smallest absolute Gasteiger partial charge is 0.290 e. The van der Waals surface area contributed by atoms with Gasteiger partial charge in [0.25, 0.3) is 12.4 Å². The lowest BCUT2D eigenvalue weighted by atomic mass is 9.82. The molecule has 0 unspecified atom stereocenters. The molecule has 9 nitrogen and oxygen atoms in total. The maximum atomic E-state index is 13.3. The monoisotopic (exact) mass is 459 g/mol. The summed E-state index contributed by atoms with van der Waals surface area (Å²) < 4.78 is 11.9. The zero-order valence-corrected chi connectivity index (χ0v) is 18.3. The summed E-state index contributed by atoms with van der Waals surface area (Å²) in [7, 11) is 0. The molecule has 32 heavy (non-hydrogen) atoms. The number of morpholine rings is 1. The number of thiophene rings is 1. The van der Waals surface area contributed by atoms with Crippen molar-refractivity contribution in [3.8, 4) is 0 Å². The molecule has 0 aromatic carbocycles. The molecule has 2 atom stereocenters. The van der Waals surface area contributed by atoms with E-state index < -0.39 is 12.1 Å². The second-order valence-corrected chi connectivity index (χ2v) is 8.84. The summed E-state index contributed by atoms with van der Waals surface area (Å²) in [5, 5.41) is 11.9. The Hall–Kier alpha value is -2.82. The number of ether oxygens (including phenoxy) is 2. The van der Waals surface area contributed by atoms with Crippen molar-refractivity contribution in [2.75, 3.05) is 26.3 Å². The van der Waals surface area contributed by atoms with Gasteiger partial charge in [-0.3, -0.25) is 19.4 Å².